The summed E-state index contributed by atoms with van der Waals surface area (Å²) in [5.74, 6) is -1.24. The lowest BCUT2D eigenvalue weighted by atomic mass is 10.2. The fourth-order valence-corrected chi connectivity index (χ4v) is 2.24. The molecule has 1 heterocycles. The van der Waals surface area contributed by atoms with Crippen LogP contribution in [0, 0.1) is 0 Å². The van der Waals surface area contributed by atoms with Crippen LogP contribution in [0.2, 0.25) is 0 Å². The summed E-state index contributed by atoms with van der Waals surface area (Å²) >= 11 is 0. The van der Waals surface area contributed by atoms with Crippen LogP contribution < -0.4 is 5.32 Å². The van der Waals surface area contributed by atoms with E-state index >= 15 is 0 Å². The molecule has 1 aliphatic heterocycles. The van der Waals surface area contributed by atoms with Crippen molar-refractivity contribution in [1.29, 1.82) is 0 Å². The SMILES string of the molecule is C[C@@H](O)[C@H](NC(=O)N(C)CC1CCCN1C)C(=O)O. The van der Waals surface area contributed by atoms with Crippen LogP contribution in [-0.4, -0.2) is 77.4 Å². The number of carboxylic acid groups (broad SMARTS) is 1. The number of likely N-dealkylation sites (N-methyl/N-ethyl adjacent to an activating group) is 2. The van der Waals surface area contributed by atoms with Crippen molar-refractivity contribution in [3.63, 3.8) is 0 Å². The van der Waals surface area contributed by atoms with Gasteiger partial charge in [0.25, 0.3) is 0 Å². The van der Waals surface area contributed by atoms with E-state index < -0.39 is 24.1 Å². The topological polar surface area (TPSA) is 93.1 Å². The van der Waals surface area contributed by atoms with Crippen LogP contribution in [0.15, 0.2) is 0 Å². The number of hydrogen-bond acceptors (Lipinski definition) is 4. The van der Waals surface area contributed by atoms with Crippen LogP contribution in [0.5, 0.6) is 0 Å². The average Bonchev–Trinajstić information content (AvgIpc) is 2.70. The zero-order valence-electron chi connectivity index (χ0n) is 11.7. The Kier molecular flexibility index (Phi) is 5.56. The Morgan fingerprint density at radius 1 is 1.53 bits per heavy atom. The monoisotopic (exact) mass is 273 g/mol. The van der Waals surface area contributed by atoms with Gasteiger partial charge in [-0.2, -0.15) is 0 Å². The number of urea groups is 1. The molecule has 1 rings (SSSR count). The Balaban J connectivity index is 2.49. The molecular weight excluding hydrogens is 250 g/mol. The molecule has 0 aliphatic carbocycles. The molecule has 0 bridgehead atoms. The zero-order chi connectivity index (χ0) is 14.6. The minimum atomic E-state index is -1.28. The van der Waals surface area contributed by atoms with Crippen LogP contribution in [0.1, 0.15) is 19.8 Å². The van der Waals surface area contributed by atoms with Crippen LogP contribution in [0.25, 0.3) is 0 Å². The van der Waals surface area contributed by atoms with E-state index in [-0.39, 0.29) is 0 Å². The maximum Gasteiger partial charge on any atom is 0.328 e. The number of hydrogen-bond donors (Lipinski definition) is 3. The third-order valence-electron chi connectivity index (χ3n) is 3.53. The second kappa shape index (κ2) is 6.72. The largest absolute Gasteiger partial charge is 0.480 e. The molecule has 2 amide bonds. The number of nitrogens with zero attached hydrogens (tertiary/aromatic N) is 2. The van der Waals surface area contributed by atoms with Gasteiger partial charge in [-0.1, -0.05) is 0 Å². The molecule has 0 radical (unpaired) electrons. The standard InChI is InChI=1S/C12H23N3O4/c1-8(16)10(11(17)18)13-12(19)15(3)7-9-5-4-6-14(9)2/h8-10,16H,4-7H2,1-3H3,(H,13,19)(H,17,18)/t8-,9?,10+/m1/s1. The molecule has 0 spiro atoms. The molecule has 0 aromatic heterocycles. The van der Waals surface area contributed by atoms with Crippen molar-refractivity contribution >= 4 is 12.0 Å². The lowest BCUT2D eigenvalue weighted by molar-refractivity contribution is -0.141. The smallest absolute Gasteiger partial charge is 0.328 e. The van der Waals surface area contributed by atoms with Gasteiger partial charge in [0.15, 0.2) is 6.04 Å². The summed E-state index contributed by atoms with van der Waals surface area (Å²) < 4.78 is 0. The molecule has 3 atom stereocenters. The van der Waals surface area contributed by atoms with Crippen molar-refractivity contribution in [2.45, 2.75) is 38.0 Å². The summed E-state index contributed by atoms with van der Waals surface area (Å²) in [7, 11) is 3.64. The maximum atomic E-state index is 11.9. The highest BCUT2D eigenvalue weighted by Gasteiger charge is 2.28. The quantitative estimate of drug-likeness (QED) is 0.631. The number of carboxylic acids is 1. The molecule has 1 saturated heterocycles. The van der Waals surface area contributed by atoms with Gasteiger partial charge in [0, 0.05) is 19.6 Å². The number of aliphatic carboxylic acids is 1. The molecule has 0 saturated carbocycles. The number of aliphatic hydroxyl groups excluding tert-OH is 1. The number of carbonyl (C=O) groups is 2. The van der Waals surface area contributed by atoms with Crippen molar-refractivity contribution in [2.24, 2.45) is 0 Å². The normalized spacial score (nSPS) is 22.8. The third-order valence-corrected chi connectivity index (χ3v) is 3.53. The van der Waals surface area contributed by atoms with Gasteiger partial charge in [0.05, 0.1) is 6.10 Å². The Labute approximate surface area is 113 Å². The van der Waals surface area contributed by atoms with Gasteiger partial charge >= 0.3 is 12.0 Å². The first-order chi connectivity index (χ1) is 8.82. The van der Waals surface area contributed by atoms with Crippen molar-refractivity contribution in [3.05, 3.63) is 0 Å². The van der Waals surface area contributed by atoms with Gasteiger partial charge < -0.3 is 25.3 Å². The van der Waals surface area contributed by atoms with Crippen molar-refractivity contribution in [1.82, 2.24) is 15.1 Å². The van der Waals surface area contributed by atoms with Gasteiger partial charge in [-0.05, 0) is 33.4 Å². The molecule has 110 valence electrons. The van der Waals surface area contributed by atoms with Crippen LogP contribution in [0.3, 0.4) is 0 Å². The minimum absolute atomic E-state index is 0.311. The summed E-state index contributed by atoms with van der Waals surface area (Å²) in [4.78, 5) is 26.4. The summed E-state index contributed by atoms with van der Waals surface area (Å²) in [6.07, 6.45) is 1.01. The second-order valence-corrected chi connectivity index (χ2v) is 5.16. The van der Waals surface area contributed by atoms with E-state index in [1.165, 1.54) is 11.8 Å². The van der Waals surface area contributed by atoms with Gasteiger partial charge in [-0.25, -0.2) is 9.59 Å². The Bertz CT molecular complexity index is 335. The first-order valence-corrected chi connectivity index (χ1v) is 6.45. The summed E-state index contributed by atoms with van der Waals surface area (Å²) in [5.41, 5.74) is 0. The first kappa shape index (κ1) is 15.7. The molecular formula is C12H23N3O4. The Morgan fingerprint density at radius 3 is 2.58 bits per heavy atom. The third kappa shape index (κ3) is 4.36. The fraction of sp³-hybridized carbons (Fsp3) is 0.833. The molecule has 7 nitrogen and oxygen atoms in total. The van der Waals surface area contributed by atoms with E-state index in [1.54, 1.807) is 7.05 Å². The van der Waals surface area contributed by atoms with E-state index in [4.69, 9.17) is 5.11 Å². The molecule has 1 unspecified atom stereocenters. The van der Waals surface area contributed by atoms with Crippen molar-refractivity contribution < 1.29 is 19.8 Å². The lowest BCUT2D eigenvalue weighted by Gasteiger charge is -2.27. The second-order valence-electron chi connectivity index (χ2n) is 5.16. The molecule has 0 aromatic rings. The fourth-order valence-electron chi connectivity index (χ4n) is 2.24. The van der Waals surface area contributed by atoms with Crippen LogP contribution >= 0.6 is 0 Å². The highest BCUT2D eigenvalue weighted by atomic mass is 16.4. The van der Waals surface area contributed by atoms with Crippen molar-refractivity contribution in [3.8, 4) is 0 Å². The van der Waals surface area contributed by atoms with Gasteiger partial charge in [-0.15, -0.1) is 0 Å². The van der Waals surface area contributed by atoms with Gasteiger partial charge in [-0.3, -0.25) is 0 Å². The average molecular weight is 273 g/mol. The molecule has 0 aromatic carbocycles. The highest BCUT2D eigenvalue weighted by molar-refractivity contribution is 5.82. The van der Waals surface area contributed by atoms with E-state index in [2.05, 4.69) is 10.2 Å². The Hall–Kier alpha value is -1.34. The molecule has 3 N–H and O–H groups in total. The molecule has 1 fully saturated rings. The number of nitrogens with one attached hydrogen (secondary N) is 1. The molecule has 19 heavy (non-hydrogen) atoms. The summed E-state index contributed by atoms with van der Waals surface area (Å²) in [5, 5.41) is 20.5. The number of likely N-dealkylation sites (tertiary alicyclic amines) is 1. The van der Waals surface area contributed by atoms with E-state index in [1.807, 2.05) is 7.05 Å². The number of amides is 2. The van der Waals surface area contributed by atoms with Crippen molar-refractivity contribution in [2.75, 3.05) is 27.2 Å². The summed E-state index contributed by atoms with van der Waals surface area (Å²) in [6, 6.07) is -1.45. The number of carbonyl (C=O) groups excluding carboxylic acids is 1. The first-order valence-electron chi connectivity index (χ1n) is 6.45. The maximum absolute atomic E-state index is 11.9. The highest BCUT2D eigenvalue weighted by Crippen LogP contribution is 2.15. The van der Waals surface area contributed by atoms with E-state index in [0.717, 1.165) is 19.4 Å². The van der Waals surface area contributed by atoms with Crippen LogP contribution in [0.4, 0.5) is 4.79 Å². The van der Waals surface area contributed by atoms with Gasteiger partial charge in [0.2, 0.25) is 0 Å². The zero-order valence-corrected chi connectivity index (χ0v) is 11.7. The van der Waals surface area contributed by atoms with E-state index in [0.29, 0.717) is 12.6 Å². The molecule has 1 aliphatic rings. The summed E-state index contributed by atoms with van der Waals surface area (Å²) in [6.45, 7) is 2.91. The minimum Gasteiger partial charge on any atom is -0.480 e. The van der Waals surface area contributed by atoms with Gasteiger partial charge in [0.1, 0.15) is 0 Å². The van der Waals surface area contributed by atoms with E-state index in [9.17, 15) is 14.7 Å². The predicted octanol–water partition coefficient (Wildman–Crippen LogP) is -0.444. The Morgan fingerprint density at radius 2 is 2.16 bits per heavy atom. The predicted molar refractivity (Wildman–Crippen MR) is 69.9 cm³/mol. The van der Waals surface area contributed by atoms with Crippen LogP contribution in [-0.2, 0) is 4.79 Å². The lowest BCUT2D eigenvalue weighted by Crippen LogP contribution is -2.53. The number of rotatable bonds is 5. The molecule has 7 heteroatoms. The number of aliphatic hydroxyl groups is 1.